The lowest BCUT2D eigenvalue weighted by Gasteiger charge is -2.32. The van der Waals surface area contributed by atoms with Gasteiger partial charge in [0.15, 0.2) is 9.84 Å². The van der Waals surface area contributed by atoms with Crippen LogP contribution in [0.1, 0.15) is 24.0 Å². The Hall–Kier alpha value is -1.63. The van der Waals surface area contributed by atoms with Crippen molar-refractivity contribution in [2.75, 3.05) is 29.5 Å². The van der Waals surface area contributed by atoms with Crippen molar-refractivity contribution in [1.82, 2.24) is 5.32 Å². The normalized spacial score (nSPS) is 22.7. The van der Waals surface area contributed by atoms with Crippen molar-refractivity contribution in [2.45, 2.75) is 32.2 Å². The third-order valence-electron chi connectivity index (χ3n) is 4.57. The van der Waals surface area contributed by atoms with E-state index in [9.17, 15) is 17.6 Å². The van der Waals surface area contributed by atoms with E-state index in [2.05, 4.69) is 5.32 Å². The Morgan fingerprint density at radius 1 is 1.43 bits per heavy atom. The predicted octanol–water partition coefficient (Wildman–Crippen LogP) is 1.19. The van der Waals surface area contributed by atoms with Crippen molar-refractivity contribution in [3.8, 4) is 0 Å². The SMILES string of the molecule is Cc1ccc(F)c2c1CCCN2CC(=O)N[C@H]1CCS(=O)(=O)C1. The van der Waals surface area contributed by atoms with E-state index in [0.717, 1.165) is 24.0 Å². The Kier molecular flexibility index (Phi) is 4.31. The van der Waals surface area contributed by atoms with Crippen LogP contribution < -0.4 is 10.2 Å². The number of carbonyl (C=O) groups excluding carboxylic acids is 1. The Bertz CT molecular complexity index is 733. The van der Waals surface area contributed by atoms with Gasteiger partial charge in [0.25, 0.3) is 0 Å². The van der Waals surface area contributed by atoms with Gasteiger partial charge in [-0.1, -0.05) is 6.07 Å². The molecule has 1 atom stereocenters. The zero-order valence-electron chi connectivity index (χ0n) is 13.1. The lowest BCUT2D eigenvalue weighted by molar-refractivity contribution is -0.120. The van der Waals surface area contributed by atoms with Crippen LogP contribution in [0.4, 0.5) is 10.1 Å². The highest BCUT2D eigenvalue weighted by atomic mass is 32.2. The van der Waals surface area contributed by atoms with Crippen molar-refractivity contribution in [3.63, 3.8) is 0 Å². The van der Waals surface area contributed by atoms with Crippen LogP contribution in [0, 0.1) is 12.7 Å². The number of amides is 1. The molecule has 0 spiro atoms. The molecule has 23 heavy (non-hydrogen) atoms. The minimum Gasteiger partial charge on any atom is -0.360 e. The second-order valence-electron chi connectivity index (χ2n) is 6.38. The number of anilines is 1. The van der Waals surface area contributed by atoms with Crippen molar-refractivity contribution >= 4 is 21.4 Å². The average molecular weight is 340 g/mol. The van der Waals surface area contributed by atoms with Crippen LogP contribution in [0.15, 0.2) is 12.1 Å². The van der Waals surface area contributed by atoms with E-state index in [1.165, 1.54) is 6.07 Å². The van der Waals surface area contributed by atoms with Crippen molar-refractivity contribution in [2.24, 2.45) is 0 Å². The fraction of sp³-hybridized carbons (Fsp3) is 0.562. The van der Waals surface area contributed by atoms with Crippen LogP contribution in [0.3, 0.4) is 0 Å². The number of nitrogens with one attached hydrogen (secondary N) is 1. The van der Waals surface area contributed by atoms with E-state index in [-0.39, 0.29) is 35.8 Å². The monoisotopic (exact) mass is 340 g/mol. The number of hydrogen-bond acceptors (Lipinski definition) is 4. The zero-order valence-corrected chi connectivity index (χ0v) is 14.0. The van der Waals surface area contributed by atoms with Crippen LogP contribution in [-0.4, -0.2) is 45.0 Å². The number of benzene rings is 1. The molecule has 2 aliphatic heterocycles. The summed E-state index contributed by atoms with van der Waals surface area (Å²) in [7, 11) is -3.02. The summed E-state index contributed by atoms with van der Waals surface area (Å²) in [4.78, 5) is 14.0. The lowest BCUT2D eigenvalue weighted by atomic mass is 9.96. The molecule has 2 heterocycles. The molecular formula is C16H21FN2O3S. The van der Waals surface area contributed by atoms with E-state index >= 15 is 0 Å². The quantitative estimate of drug-likeness (QED) is 0.898. The van der Waals surface area contributed by atoms with Crippen molar-refractivity contribution in [1.29, 1.82) is 0 Å². The van der Waals surface area contributed by atoms with Crippen LogP contribution in [-0.2, 0) is 21.1 Å². The van der Waals surface area contributed by atoms with Crippen LogP contribution in [0.2, 0.25) is 0 Å². The van der Waals surface area contributed by atoms with Gasteiger partial charge in [-0.25, -0.2) is 12.8 Å². The summed E-state index contributed by atoms with van der Waals surface area (Å²) < 4.78 is 37.1. The van der Waals surface area contributed by atoms with Crippen molar-refractivity contribution in [3.05, 3.63) is 29.1 Å². The highest BCUT2D eigenvalue weighted by Crippen LogP contribution is 2.32. The van der Waals surface area contributed by atoms with Gasteiger partial charge in [0, 0.05) is 12.6 Å². The summed E-state index contributed by atoms with van der Waals surface area (Å²) in [5.41, 5.74) is 2.52. The molecule has 1 aromatic rings. The fourth-order valence-corrected chi connectivity index (χ4v) is 5.11. The summed E-state index contributed by atoms with van der Waals surface area (Å²) in [5, 5.41) is 2.76. The Morgan fingerprint density at radius 2 is 2.22 bits per heavy atom. The number of rotatable bonds is 3. The minimum atomic E-state index is -3.02. The first kappa shape index (κ1) is 16.2. The molecule has 0 saturated carbocycles. The molecule has 1 aromatic carbocycles. The molecule has 3 rings (SSSR count). The average Bonchev–Trinajstić information content (AvgIpc) is 2.82. The topological polar surface area (TPSA) is 66.5 Å². The molecule has 1 amide bonds. The maximum atomic E-state index is 14.2. The molecule has 7 heteroatoms. The van der Waals surface area contributed by atoms with Gasteiger partial charge in [-0.2, -0.15) is 0 Å². The number of hydrogen-bond donors (Lipinski definition) is 1. The van der Waals surface area contributed by atoms with Gasteiger partial charge in [0.05, 0.1) is 23.7 Å². The number of fused-ring (bicyclic) bond motifs is 1. The Morgan fingerprint density at radius 3 is 2.91 bits per heavy atom. The molecule has 0 aromatic heterocycles. The third kappa shape index (κ3) is 3.49. The second kappa shape index (κ2) is 6.11. The highest BCUT2D eigenvalue weighted by Gasteiger charge is 2.30. The van der Waals surface area contributed by atoms with Crippen molar-refractivity contribution < 1.29 is 17.6 Å². The van der Waals surface area contributed by atoms with Gasteiger partial charge in [-0.3, -0.25) is 4.79 Å². The van der Waals surface area contributed by atoms with Crippen LogP contribution in [0.25, 0.3) is 0 Å². The van der Waals surface area contributed by atoms with E-state index in [1.54, 1.807) is 11.0 Å². The largest absolute Gasteiger partial charge is 0.360 e. The summed E-state index contributed by atoms with van der Waals surface area (Å²) in [6.45, 7) is 2.64. The third-order valence-corrected chi connectivity index (χ3v) is 6.34. The lowest BCUT2D eigenvalue weighted by Crippen LogP contribution is -2.44. The van der Waals surface area contributed by atoms with E-state index in [1.807, 2.05) is 6.92 Å². The smallest absolute Gasteiger partial charge is 0.239 e. The van der Waals surface area contributed by atoms with Gasteiger partial charge in [-0.15, -0.1) is 0 Å². The summed E-state index contributed by atoms with van der Waals surface area (Å²) >= 11 is 0. The first-order chi connectivity index (χ1) is 10.9. The number of nitrogens with zero attached hydrogens (tertiary/aromatic N) is 1. The zero-order chi connectivity index (χ0) is 16.6. The Labute approximate surface area is 135 Å². The number of sulfone groups is 1. The van der Waals surface area contributed by atoms with E-state index in [4.69, 9.17) is 0 Å². The van der Waals surface area contributed by atoms with Crippen LogP contribution in [0.5, 0.6) is 0 Å². The molecular weight excluding hydrogens is 319 g/mol. The van der Waals surface area contributed by atoms with E-state index < -0.39 is 9.84 Å². The molecule has 1 fully saturated rings. The maximum absolute atomic E-state index is 14.2. The van der Waals surface area contributed by atoms with Gasteiger partial charge in [-0.05, 0) is 43.4 Å². The molecule has 1 saturated heterocycles. The maximum Gasteiger partial charge on any atom is 0.239 e. The van der Waals surface area contributed by atoms with Gasteiger partial charge in [0.2, 0.25) is 5.91 Å². The molecule has 126 valence electrons. The summed E-state index contributed by atoms with van der Waals surface area (Å²) in [5.74, 6) is -0.427. The molecule has 2 aliphatic rings. The summed E-state index contributed by atoms with van der Waals surface area (Å²) in [6.07, 6.45) is 2.15. The number of halogens is 1. The molecule has 0 bridgehead atoms. The molecule has 0 unspecified atom stereocenters. The number of carbonyl (C=O) groups is 1. The molecule has 0 radical (unpaired) electrons. The van der Waals surface area contributed by atoms with Gasteiger partial charge in [0.1, 0.15) is 5.82 Å². The standard InChI is InChI=1S/C16H21FN2O3S/c1-11-4-5-14(17)16-13(11)3-2-7-19(16)9-15(20)18-12-6-8-23(21,22)10-12/h4-5,12H,2-3,6-10H2,1H3,(H,18,20)/t12-/m0/s1. The summed E-state index contributed by atoms with van der Waals surface area (Å²) in [6, 6.07) is 2.88. The van der Waals surface area contributed by atoms with Gasteiger partial charge >= 0.3 is 0 Å². The molecule has 1 N–H and O–H groups in total. The molecule has 0 aliphatic carbocycles. The second-order valence-corrected chi connectivity index (χ2v) is 8.61. The van der Waals surface area contributed by atoms with Crippen LogP contribution >= 0.6 is 0 Å². The fourth-order valence-electron chi connectivity index (χ4n) is 3.44. The highest BCUT2D eigenvalue weighted by molar-refractivity contribution is 7.91. The van der Waals surface area contributed by atoms with E-state index in [0.29, 0.717) is 18.7 Å². The van der Waals surface area contributed by atoms with Gasteiger partial charge < -0.3 is 10.2 Å². The molecule has 5 nitrogen and oxygen atoms in total. The first-order valence-electron chi connectivity index (χ1n) is 7.88. The Balaban J connectivity index is 1.70. The first-order valence-corrected chi connectivity index (χ1v) is 9.70. The minimum absolute atomic E-state index is 0.00277. The number of aryl methyl sites for hydroxylation is 1. The predicted molar refractivity (Wildman–Crippen MR) is 86.9 cm³/mol.